The van der Waals surface area contributed by atoms with Crippen LogP contribution in [-0.4, -0.2) is 43.1 Å². The molecule has 2 N–H and O–H groups in total. The summed E-state index contributed by atoms with van der Waals surface area (Å²) in [5.41, 5.74) is 2.76. The van der Waals surface area contributed by atoms with Gasteiger partial charge in [0.1, 0.15) is 5.75 Å². The predicted molar refractivity (Wildman–Crippen MR) is 107 cm³/mol. The molecule has 0 spiro atoms. The number of hydrogen-bond donors (Lipinski definition) is 2. The third-order valence-electron chi connectivity index (χ3n) is 4.26. The maximum Gasteiger partial charge on any atom is 0.240 e. The van der Waals surface area contributed by atoms with Crippen LogP contribution in [0.3, 0.4) is 0 Å². The van der Waals surface area contributed by atoms with E-state index < -0.39 is 21.5 Å². The summed E-state index contributed by atoms with van der Waals surface area (Å²) in [6, 6.07) is 14.3. The molecule has 0 aliphatic heterocycles. The Kier molecular flexibility index (Phi) is 5.46. The summed E-state index contributed by atoms with van der Waals surface area (Å²) in [6.45, 7) is 5.92. The molecule has 142 valence electrons. The molecule has 0 saturated carbocycles. The number of H-pyrrole nitrogens is 1. The lowest BCUT2D eigenvalue weighted by molar-refractivity contribution is -0.113. The molecule has 0 atom stereocenters. The van der Waals surface area contributed by atoms with Gasteiger partial charge in [0.25, 0.3) is 0 Å². The molecule has 0 aliphatic rings. The molecule has 0 bridgehead atoms. The van der Waals surface area contributed by atoms with Crippen molar-refractivity contribution in [3.63, 3.8) is 0 Å². The van der Waals surface area contributed by atoms with Gasteiger partial charge in [0.05, 0.1) is 11.0 Å². The minimum atomic E-state index is -3.86. The van der Waals surface area contributed by atoms with Crippen molar-refractivity contribution in [2.24, 2.45) is 0 Å². The Labute approximate surface area is 158 Å². The average molecular weight is 386 g/mol. The Morgan fingerprint density at radius 2 is 1.74 bits per heavy atom. The van der Waals surface area contributed by atoms with Crippen LogP contribution in [0.1, 0.15) is 13.8 Å². The first-order valence-electron chi connectivity index (χ1n) is 8.75. The topological polar surface area (TPSA) is 95.2 Å². The van der Waals surface area contributed by atoms with Crippen molar-refractivity contribution >= 4 is 38.2 Å². The van der Waals surface area contributed by atoms with Gasteiger partial charge >= 0.3 is 0 Å². The lowest BCUT2D eigenvalue weighted by Crippen LogP contribution is -2.24. The van der Waals surface area contributed by atoms with Gasteiger partial charge in [-0.25, -0.2) is 13.4 Å². The first kappa shape index (κ1) is 18.9. The largest absolute Gasteiger partial charge is 0.372 e. The SMILES string of the molecule is CCN(CC)c1ccc(NC(=O)CS(=O)(=O)c2nc3ccccc3[nH]2)cc1. The molecule has 0 radical (unpaired) electrons. The van der Waals surface area contributed by atoms with Crippen molar-refractivity contribution < 1.29 is 13.2 Å². The Balaban J connectivity index is 1.69. The van der Waals surface area contributed by atoms with Crippen molar-refractivity contribution in [3.8, 4) is 0 Å². The van der Waals surface area contributed by atoms with Gasteiger partial charge in [0.2, 0.25) is 20.9 Å². The van der Waals surface area contributed by atoms with Crippen molar-refractivity contribution in [2.75, 3.05) is 29.1 Å². The number of carbonyl (C=O) groups excluding carboxylic acids is 1. The maximum atomic E-state index is 12.5. The highest BCUT2D eigenvalue weighted by atomic mass is 32.2. The Bertz CT molecular complexity index is 1010. The number of nitrogens with one attached hydrogen (secondary N) is 2. The molecule has 0 aliphatic carbocycles. The molecule has 8 heteroatoms. The molecule has 2 aromatic carbocycles. The molecule has 0 fully saturated rings. The van der Waals surface area contributed by atoms with Crippen molar-refractivity contribution in [1.29, 1.82) is 0 Å². The fourth-order valence-corrected chi connectivity index (χ4v) is 3.92. The molecular weight excluding hydrogens is 364 g/mol. The number of para-hydroxylation sites is 2. The zero-order valence-corrected chi connectivity index (χ0v) is 16.1. The Morgan fingerprint density at radius 3 is 2.37 bits per heavy atom. The van der Waals surface area contributed by atoms with E-state index in [1.54, 1.807) is 36.4 Å². The zero-order valence-electron chi connectivity index (χ0n) is 15.3. The minimum Gasteiger partial charge on any atom is -0.372 e. The number of aromatic nitrogens is 2. The number of imidazole rings is 1. The van der Waals surface area contributed by atoms with Crippen LogP contribution in [0.25, 0.3) is 11.0 Å². The number of sulfone groups is 1. The van der Waals surface area contributed by atoms with Gasteiger partial charge in [-0.15, -0.1) is 0 Å². The molecule has 3 aromatic rings. The third-order valence-corrected chi connectivity index (χ3v) is 5.69. The van der Waals surface area contributed by atoms with Crippen LogP contribution < -0.4 is 10.2 Å². The molecule has 1 amide bonds. The maximum absolute atomic E-state index is 12.5. The standard InChI is InChI=1S/C19H22N4O3S/c1-3-23(4-2)15-11-9-14(10-12-15)20-18(24)13-27(25,26)19-21-16-7-5-6-8-17(16)22-19/h5-12H,3-4,13H2,1-2H3,(H,20,24)(H,21,22). The van der Waals surface area contributed by atoms with E-state index in [4.69, 9.17) is 0 Å². The first-order chi connectivity index (χ1) is 12.9. The number of fused-ring (bicyclic) bond motifs is 1. The van der Waals surface area contributed by atoms with Crippen LogP contribution in [0.2, 0.25) is 0 Å². The third kappa shape index (κ3) is 4.28. The summed E-state index contributed by atoms with van der Waals surface area (Å²) < 4.78 is 24.9. The highest BCUT2D eigenvalue weighted by Gasteiger charge is 2.23. The molecule has 1 heterocycles. The van der Waals surface area contributed by atoms with Crippen molar-refractivity contribution in [2.45, 2.75) is 19.0 Å². The molecular formula is C19H22N4O3S. The Hall–Kier alpha value is -2.87. The number of carbonyl (C=O) groups is 1. The quantitative estimate of drug-likeness (QED) is 0.651. The van der Waals surface area contributed by atoms with Gasteiger partial charge in [0, 0.05) is 24.5 Å². The van der Waals surface area contributed by atoms with Gasteiger partial charge in [-0.3, -0.25) is 4.79 Å². The summed E-state index contributed by atoms with van der Waals surface area (Å²) in [5, 5.41) is 2.43. The van der Waals surface area contributed by atoms with E-state index in [1.807, 2.05) is 12.1 Å². The summed E-state index contributed by atoms with van der Waals surface area (Å²) >= 11 is 0. The van der Waals surface area contributed by atoms with E-state index >= 15 is 0 Å². The molecule has 7 nitrogen and oxygen atoms in total. The van der Waals surface area contributed by atoms with Crippen LogP contribution in [0.5, 0.6) is 0 Å². The van der Waals surface area contributed by atoms with Crippen molar-refractivity contribution in [1.82, 2.24) is 9.97 Å². The van der Waals surface area contributed by atoms with Gasteiger partial charge in [-0.05, 0) is 50.2 Å². The van der Waals surface area contributed by atoms with Gasteiger partial charge in [0.15, 0.2) is 0 Å². The normalized spacial score (nSPS) is 11.5. The number of aromatic amines is 1. The minimum absolute atomic E-state index is 0.198. The summed E-state index contributed by atoms with van der Waals surface area (Å²) in [5.74, 6) is -1.28. The van der Waals surface area contributed by atoms with Gasteiger partial charge in [-0.1, -0.05) is 12.1 Å². The van der Waals surface area contributed by atoms with Crippen LogP contribution in [0.4, 0.5) is 11.4 Å². The Morgan fingerprint density at radius 1 is 1.07 bits per heavy atom. The fraction of sp³-hybridized carbons (Fsp3) is 0.263. The van der Waals surface area contributed by atoms with Crippen LogP contribution in [-0.2, 0) is 14.6 Å². The second-order valence-corrected chi connectivity index (χ2v) is 7.99. The number of rotatable bonds is 7. The van der Waals surface area contributed by atoms with Crippen LogP contribution in [0, 0.1) is 0 Å². The average Bonchev–Trinajstić information content (AvgIpc) is 3.09. The number of hydrogen-bond acceptors (Lipinski definition) is 5. The number of benzene rings is 2. The summed E-state index contributed by atoms with van der Waals surface area (Å²) in [6.07, 6.45) is 0. The van der Waals surface area contributed by atoms with Gasteiger partial charge in [-0.2, -0.15) is 0 Å². The molecule has 27 heavy (non-hydrogen) atoms. The van der Waals surface area contributed by atoms with E-state index in [9.17, 15) is 13.2 Å². The lowest BCUT2D eigenvalue weighted by atomic mass is 10.2. The molecule has 3 rings (SSSR count). The smallest absolute Gasteiger partial charge is 0.240 e. The number of amides is 1. The second kappa shape index (κ2) is 7.79. The lowest BCUT2D eigenvalue weighted by Gasteiger charge is -2.21. The van der Waals surface area contributed by atoms with Gasteiger partial charge < -0.3 is 15.2 Å². The highest BCUT2D eigenvalue weighted by Crippen LogP contribution is 2.18. The first-order valence-corrected chi connectivity index (χ1v) is 10.4. The van der Waals surface area contributed by atoms with Crippen LogP contribution in [0.15, 0.2) is 53.7 Å². The monoisotopic (exact) mass is 386 g/mol. The van der Waals surface area contributed by atoms with E-state index in [2.05, 4.69) is 34.0 Å². The van der Waals surface area contributed by atoms with E-state index in [1.165, 1.54) is 0 Å². The van der Waals surface area contributed by atoms with E-state index in [0.29, 0.717) is 16.7 Å². The van der Waals surface area contributed by atoms with E-state index in [-0.39, 0.29) is 5.16 Å². The highest BCUT2D eigenvalue weighted by molar-refractivity contribution is 7.92. The predicted octanol–water partition coefficient (Wildman–Crippen LogP) is 2.82. The number of anilines is 2. The van der Waals surface area contributed by atoms with Crippen molar-refractivity contribution in [3.05, 3.63) is 48.5 Å². The molecule has 0 unspecified atom stereocenters. The molecule has 0 saturated heterocycles. The molecule has 1 aromatic heterocycles. The number of nitrogens with zero attached hydrogens (tertiary/aromatic N) is 2. The fourth-order valence-electron chi connectivity index (χ4n) is 2.86. The summed E-state index contributed by atoms with van der Waals surface area (Å²) in [4.78, 5) is 21.2. The zero-order chi connectivity index (χ0) is 19.4. The van der Waals surface area contributed by atoms with Crippen LogP contribution >= 0.6 is 0 Å². The summed E-state index contributed by atoms with van der Waals surface area (Å²) in [7, 11) is -3.86. The van der Waals surface area contributed by atoms with E-state index in [0.717, 1.165) is 18.8 Å². The second-order valence-electron chi connectivity index (χ2n) is 6.09.